The summed E-state index contributed by atoms with van der Waals surface area (Å²) < 4.78 is 8.88. The van der Waals surface area contributed by atoms with Gasteiger partial charge in [0.2, 0.25) is 0 Å². The van der Waals surface area contributed by atoms with Crippen molar-refractivity contribution in [3.05, 3.63) is 71.8 Å². The number of phosphoric acid groups is 1. The summed E-state index contributed by atoms with van der Waals surface area (Å²) in [7, 11) is -4.64. The van der Waals surface area contributed by atoms with Crippen LogP contribution in [0.15, 0.2) is 60.7 Å². The van der Waals surface area contributed by atoms with Crippen LogP contribution in [-0.4, -0.2) is 14.7 Å². The molecular weight excluding hydrogens is 287 g/mol. The molecule has 2 aromatic carbocycles. The number of hydrogen-bond acceptors (Lipinski definition) is 1. The summed E-state index contributed by atoms with van der Waals surface area (Å²) in [6.45, 7) is 4.60. The molecule has 0 aliphatic carbocycles. The minimum Gasteiger partial charge on any atom is -0.303 e. The molecule has 0 heterocycles. The highest BCUT2D eigenvalue weighted by molar-refractivity contribution is 7.45. The van der Waals surface area contributed by atoms with E-state index in [0.29, 0.717) is 0 Å². The van der Waals surface area contributed by atoms with Gasteiger partial charge in [-0.3, -0.25) is 0 Å². The van der Waals surface area contributed by atoms with Gasteiger partial charge in [-0.1, -0.05) is 74.5 Å². The summed E-state index contributed by atoms with van der Waals surface area (Å²) in [6.07, 6.45) is 1.08. The van der Waals surface area contributed by atoms with Gasteiger partial charge in [0.05, 0.1) is 0 Å². The van der Waals surface area contributed by atoms with Gasteiger partial charge in [-0.05, 0) is 23.0 Å². The molecule has 5 heteroatoms. The molecule has 114 valence electrons. The van der Waals surface area contributed by atoms with Crippen LogP contribution in [0.4, 0.5) is 0 Å². The van der Waals surface area contributed by atoms with Crippen molar-refractivity contribution in [2.24, 2.45) is 0 Å². The number of benzene rings is 2. The summed E-state index contributed by atoms with van der Waals surface area (Å²) in [5.74, 6) is 0. The molecule has 0 atom stereocenters. The van der Waals surface area contributed by atoms with Crippen LogP contribution in [0.2, 0.25) is 0 Å². The lowest BCUT2D eigenvalue weighted by molar-refractivity contribution is 0.275. The van der Waals surface area contributed by atoms with E-state index >= 15 is 0 Å². The molecule has 0 bridgehead atoms. The summed E-state index contributed by atoms with van der Waals surface area (Å²) in [5.41, 5.74) is 3.00. The molecule has 3 N–H and O–H groups in total. The maximum Gasteiger partial charge on any atom is 0.466 e. The predicted molar refractivity (Wildman–Crippen MR) is 83.9 cm³/mol. The Labute approximate surface area is 125 Å². The van der Waals surface area contributed by atoms with Gasteiger partial charge in [-0.25, -0.2) is 4.57 Å². The van der Waals surface area contributed by atoms with Gasteiger partial charge in [0.25, 0.3) is 0 Å². The predicted octanol–water partition coefficient (Wildman–Crippen LogP) is 3.28. The summed E-state index contributed by atoms with van der Waals surface area (Å²) in [6, 6.07) is 21.4. The molecule has 2 aromatic rings. The summed E-state index contributed by atoms with van der Waals surface area (Å²) in [5, 5.41) is 0. The second-order valence-corrected chi connectivity index (χ2v) is 6.45. The van der Waals surface area contributed by atoms with Crippen LogP contribution >= 0.6 is 7.82 Å². The monoisotopic (exact) mass is 308 g/mol. The van der Waals surface area contributed by atoms with Crippen LogP contribution in [0, 0.1) is 0 Å². The highest BCUT2D eigenvalue weighted by Gasteiger charge is 2.20. The van der Waals surface area contributed by atoms with Crippen LogP contribution in [0.3, 0.4) is 0 Å². The second-order valence-electron chi connectivity index (χ2n) is 5.43. The van der Waals surface area contributed by atoms with E-state index in [1.165, 1.54) is 11.1 Å². The zero-order valence-electron chi connectivity index (χ0n) is 12.2. The van der Waals surface area contributed by atoms with E-state index in [1.54, 1.807) is 0 Å². The molecule has 0 aromatic heterocycles. The van der Waals surface area contributed by atoms with Crippen molar-refractivity contribution in [1.29, 1.82) is 0 Å². The third-order valence-corrected chi connectivity index (χ3v) is 3.04. The first-order chi connectivity index (χ1) is 9.68. The Morgan fingerprint density at radius 2 is 1.24 bits per heavy atom. The van der Waals surface area contributed by atoms with E-state index in [0.717, 1.165) is 6.42 Å². The van der Waals surface area contributed by atoms with E-state index in [2.05, 4.69) is 74.5 Å². The van der Waals surface area contributed by atoms with Gasteiger partial charge in [0.1, 0.15) is 0 Å². The Morgan fingerprint density at radius 1 is 0.857 bits per heavy atom. The van der Waals surface area contributed by atoms with Crippen molar-refractivity contribution in [2.75, 3.05) is 0 Å². The smallest absolute Gasteiger partial charge is 0.303 e. The Hall–Kier alpha value is -1.45. The lowest BCUT2D eigenvalue weighted by atomic mass is 9.79. The van der Waals surface area contributed by atoms with Crippen LogP contribution < -0.4 is 0 Å². The minimum atomic E-state index is -4.64. The van der Waals surface area contributed by atoms with Crippen molar-refractivity contribution in [3.8, 4) is 0 Å². The fraction of sp³-hybridized carbons (Fsp3) is 0.250. The van der Waals surface area contributed by atoms with Crippen molar-refractivity contribution in [1.82, 2.24) is 0 Å². The quantitative estimate of drug-likeness (QED) is 0.760. The van der Waals surface area contributed by atoms with Gasteiger partial charge >= 0.3 is 7.82 Å². The van der Waals surface area contributed by atoms with Crippen molar-refractivity contribution < 1.29 is 19.2 Å². The standard InChI is InChI=1S/C16H18.H3O4P/c1-16(2,15-11-7-4-8-12-15)13-14-9-5-3-6-10-14;1-5(2,3)4/h3-12H,13H2,1-2H3;(H3,1,2,3,4). The molecule has 0 saturated carbocycles. The molecule has 0 radical (unpaired) electrons. The summed E-state index contributed by atoms with van der Waals surface area (Å²) >= 11 is 0. The molecule has 2 rings (SSSR count). The van der Waals surface area contributed by atoms with Crippen molar-refractivity contribution in [2.45, 2.75) is 25.7 Å². The zero-order valence-corrected chi connectivity index (χ0v) is 13.1. The summed E-state index contributed by atoms with van der Waals surface area (Å²) in [4.78, 5) is 21.6. The normalized spacial score (nSPS) is 11.5. The third kappa shape index (κ3) is 7.78. The highest BCUT2D eigenvalue weighted by Crippen LogP contribution is 2.27. The maximum atomic E-state index is 8.88. The first kappa shape index (κ1) is 17.6. The largest absolute Gasteiger partial charge is 0.466 e. The molecule has 0 aliphatic rings. The fourth-order valence-electron chi connectivity index (χ4n) is 2.10. The van der Waals surface area contributed by atoms with Crippen molar-refractivity contribution >= 4 is 7.82 Å². The molecule has 0 unspecified atom stereocenters. The van der Waals surface area contributed by atoms with Crippen LogP contribution in [0.25, 0.3) is 0 Å². The molecule has 0 aliphatic heterocycles. The molecule has 21 heavy (non-hydrogen) atoms. The molecule has 0 spiro atoms. The third-order valence-electron chi connectivity index (χ3n) is 3.04. The Morgan fingerprint density at radius 3 is 1.67 bits per heavy atom. The number of rotatable bonds is 3. The van der Waals surface area contributed by atoms with Gasteiger partial charge in [-0.15, -0.1) is 0 Å². The SMILES string of the molecule is CC(C)(Cc1ccccc1)c1ccccc1.O=P(O)(O)O. The Balaban J connectivity index is 0.000000383. The van der Waals surface area contributed by atoms with Gasteiger partial charge in [0.15, 0.2) is 0 Å². The first-order valence-corrected chi connectivity index (χ1v) is 8.13. The van der Waals surface area contributed by atoms with Gasteiger partial charge < -0.3 is 14.7 Å². The molecule has 0 saturated heterocycles. The molecular formula is C16H21O4P. The van der Waals surface area contributed by atoms with E-state index in [4.69, 9.17) is 19.2 Å². The lowest BCUT2D eigenvalue weighted by Crippen LogP contribution is -2.20. The highest BCUT2D eigenvalue weighted by atomic mass is 31.2. The first-order valence-electron chi connectivity index (χ1n) is 6.56. The van der Waals surface area contributed by atoms with Crippen molar-refractivity contribution in [3.63, 3.8) is 0 Å². The Bertz CT molecular complexity index is 567. The lowest BCUT2D eigenvalue weighted by Gasteiger charge is -2.25. The van der Waals surface area contributed by atoms with E-state index in [9.17, 15) is 0 Å². The van der Waals surface area contributed by atoms with Crippen LogP contribution in [0.5, 0.6) is 0 Å². The van der Waals surface area contributed by atoms with E-state index in [-0.39, 0.29) is 5.41 Å². The molecule has 0 fully saturated rings. The topological polar surface area (TPSA) is 77.8 Å². The van der Waals surface area contributed by atoms with Crippen LogP contribution in [-0.2, 0) is 16.4 Å². The van der Waals surface area contributed by atoms with E-state index in [1.807, 2.05) is 0 Å². The minimum absolute atomic E-state index is 0.197. The Kier molecular flexibility index (Phi) is 6.31. The van der Waals surface area contributed by atoms with Gasteiger partial charge in [-0.2, -0.15) is 0 Å². The second kappa shape index (κ2) is 7.53. The average Bonchev–Trinajstić information content (AvgIpc) is 2.38. The van der Waals surface area contributed by atoms with Gasteiger partial charge in [0, 0.05) is 0 Å². The zero-order chi connectivity index (χ0) is 15.9. The average molecular weight is 308 g/mol. The van der Waals surface area contributed by atoms with E-state index < -0.39 is 7.82 Å². The number of hydrogen-bond donors (Lipinski definition) is 3. The molecule has 0 amide bonds. The maximum absolute atomic E-state index is 8.88. The van der Waals surface area contributed by atoms with Crippen LogP contribution in [0.1, 0.15) is 25.0 Å². The molecule has 4 nitrogen and oxygen atoms in total. The fourth-order valence-corrected chi connectivity index (χ4v) is 2.10.